The van der Waals surface area contributed by atoms with Crippen molar-refractivity contribution < 1.29 is 0 Å². The molecule has 0 aromatic carbocycles. The first-order chi connectivity index (χ1) is 11.3. The quantitative estimate of drug-likeness (QED) is 0.654. The van der Waals surface area contributed by atoms with Crippen molar-refractivity contribution in [1.29, 1.82) is 5.26 Å². The van der Waals surface area contributed by atoms with Gasteiger partial charge in [-0.2, -0.15) is 5.26 Å². The minimum absolute atomic E-state index is 0.266. The molecule has 0 atom stereocenters. The lowest BCUT2D eigenvalue weighted by molar-refractivity contribution is 0.728. The van der Waals surface area contributed by atoms with E-state index in [1.807, 2.05) is 10.6 Å². The molecule has 8 nitrogen and oxygen atoms in total. The summed E-state index contributed by atoms with van der Waals surface area (Å²) in [6, 6.07) is 1.93. The summed E-state index contributed by atoms with van der Waals surface area (Å²) in [7, 11) is 0. The molecule has 0 bridgehead atoms. The van der Waals surface area contributed by atoms with E-state index in [-0.39, 0.29) is 5.69 Å². The van der Waals surface area contributed by atoms with E-state index in [0.29, 0.717) is 28.2 Å². The molecule has 0 fully saturated rings. The van der Waals surface area contributed by atoms with Crippen LogP contribution in [0.15, 0.2) is 53.8 Å². The van der Waals surface area contributed by atoms with Crippen LogP contribution in [0.3, 0.4) is 0 Å². The summed E-state index contributed by atoms with van der Waals surface area (Å²) in [4.78, 5) is 16.4. The summed E-state index contributed by atoms with van der Waals surface area (Å²) < 4.78 is 1.86. The van der Waals surface area contributed by atoms with E-state index in [0.717, 1.165) is 0 Å². The molecule has 0 unspecified atom stereocenters. The first-order valence-corrected chi connectivity index (χ1v) is 7.34. The van der Waals surface area contributed by atoms with Gasteiger partial charge in [0.1, 0.15) is 16.8 Å². The van der Waals surface area contributed by atoms with Crippen molar-refractivity contribution in [3.8, 4) is 17.6 Å². The van der Waals surface area contributed by atoms with Gasteiger partial charge in [-0.25, -0.2) is 15.0 Å². The maximum atomic E-state index is 8.75. The Morgan fingerprint density at radius 2 is 2.09 bits per heavy atom. The van der Waals surface area contributed by atoms with Crippen LogP contribution < -0.4 is 0 Å². The predicted molar refractivity (Wildman–Crippen MR) is 82.1 cm³/mol. The van der Waals surface area contributed by atoms with Gasteiger partial charge in [0, 0.05) is 18.9 Å². The molecule has 3 aromatic rings. The second-order valence-corrected chi connectivity index (χ2v) is 5.24. The fourth-order valence-electron chi connectivity index (χ4n) is 1.78. The summed E-state index contributed by atoms with van der Waals surface area (Å²) in [5, 5.41) is 18.4. The van der Waals surface area contributed by atoms with Crippen LogP contribution in [0.4, 0.5) is 0 Å². The van der Waals surface area contributed by atoms with Crippen molar-refractivity contribution in [3.63, 3.8) is 0 Å². The summed E-state index contributed by atoms with van der Waals surface area (Å²) in [6.07, 6.45) is 9.51. The van der Waals surface area contributed by atoms with Crippen molar-refractivity contribution in [3.05, 3.63) is 49.3 Å². The summed E-state index contributed by atoms with van der Waals surface area (Å²) in [5.41, 5.74) is 0.891. The van der Waals surface area contributed by atoms with Crippen molar-refractivity contribution in [1.82, 2.24) is 34.7 Å². The van der Waals surface area contributed by atoms with Gasteiger partial charge in [0.05, 0.1) is 18.6 Å². The molecule has 0 aliphatic carbocycles. The molecule has 23 heavy (non-hydrogen) atoms. The van der Waals surface area contributed by atoms with Gasteiger partial charge in [0.15, 0.2) is 16.7 Å². The first kappa shape index (κ1) is 14.8. The maximum Gasteiger partial charge on any atom is 0.198 e. The van der Waals surface area contributed by atoms with E-state index in [1.54, 1.807) is 24.7 Å². The molecular weight excluding hydrogens is 312 g/mol. The minimum atomic E-state index is 0.266. The molecule has 3 heterocycles. The average molecular weight is 322 g/mol. The van der Waals surface area contributed by atoms with Gasteiger partial charge in [0.25, 0.3) is 0 Å². The highest BCUT2D eigenvalue weighted by atomic mass is 32.2. The lowest BCUT2D eigenvalue weighted by Crippen LogP contribution is -2.02. The Kier molecular flexibility index (Phi) is 4.35. The fraction of sp³-hybridized carbons (Fsp3) is 0.0714. The van der Waals surface area contributed by atoms with E-state index in [2.05, 4.69) is 36.7 Å². The monoisotopic (exact) mass is 322 g/mol. The van der Waals surface area contributed by atoms with E-state index < -0.39 is 0 Å². The average Bonchev–Trinajstić information content (AvgIpc) is 2.99. The smallest absolute Gasteiger partial charge is 0.198 e. The summed E-state index contributed by atoms with van der Waals surface area (Å²) in [6.45, 7) is 4.27. The van der Waals surface area contributed by atoms with Gasteiger partial charge in [-0.15, -0.1) is 16.8 Å². The highest BCUT2D eigenvalue weighted by molar-refractivity contribution is 7.99. The van der Waals surface area contributed by atoms with Crippen LogP contribution in [0.25, 0.3) is 11.5 Å². The van der Waals surface area contributed by atoms with E-state index in [9.17, 15) is 0 Å². The van der Waals surface area contributed by atoms with E-state index in [1.165, 1.54) is 24.2 Å². The zero-order chi connectivity index (χ0) is 16.1. The third-order valence-corrected chi connectivity index (χ3v) is 3.66. The Bertz CT molecular complexity index is 851. The number of aromatic nitrogens is 7. The molecule has 0 N–H and O–H groups in total. The topological polar surface area (TPSA) is 106 Å². The Morgan fingerprint density at radius 3 is 2.74 bits per heavy atom. The lowest BCUT2D eigenvalue weighted by Gasteiger charge is -2.06. The number of hydrogen-bond acceptors (Lipinski definition) is 8. The Labute approximate surface area is 136 Å². The van der Waals surface area contributed by atoms with Crippen molar-refractivity contribution in [2.45, 2.75) is 16.7 Å². The normalized spacial score (nSPS) is 10.2. The second kappa shape index (κ2) is 6.76. The van der Waals surface area contributed by atoms with Gasteiger partial charge in [-0.3, -0.25) is 9.55 Å². The van der Waals surface area contributed by atoms with Crippen molar-refractivity contribution in [2.24, 2.45) is 0 Å². The molecule has 0 spiro atoms. The van der Waals surface area contributed by atoms with Crippen LogP contribution in [0.5, 0.6) is 0 Å². The van der Waals surface area contributed by atoms with Crippen LogP contribution in [0.1, 0.15) is 5.69 Å². The Hall–Kier alpha value is -3.12. The molecule has 0 saturated heterocycles. The van der Waals surface area contributed by atoms with Gasteiger partial charge < -0.3 is 0 Å². The molecule has 3 rings (SSSR count). The van der Waals surface area contributed by atoms with Crippen molar-refractivity contribution in [2.75, 3.05) is 0 Å². The third kappa shape index (κ3) is 3.22. The molecule has 0 aliphatic rings. The molecule has 112 valence electrons. The van der Waals surface area contributed by atoms with Crippen LogP contribution in [0, 0.1) is 11.3 Å². The number of nitrogens with zero attached hydrogens (tertiary/aromatic N) is 8. The fourth-order valence-corrected chi connectivity index (χ4v) is 2.53. The molecule has 3 aromatic heterocycles. The third-order valence-electron chi connectivity index (χ3n) is 2.76. The molecular formula is C14H10N8S. The van der Waals surface area contributed by atoms with Crippen LogP contribution in [-0.4, -0.2) is 34.7 Å². The molecule has 9 heteroatoms. The number of nitriles is 1. The van der Waals surface area contributed by atoms with Gasteiger partial charge in [0.2, 0.25) is 0 Å². The highest BCUT2D eigenvalue weighted by Gasteiger charge is 2.15. The number of allylic oxidation sites excluding steroid dienone is 1. The highest BCUT2D eigenvalue weighted by Crippen LogP contribution is 2.27. The maximum absolute atomic E-state index is 8.75. The van der Waals surface area contributed by atoms with Crippen LogP contribution >= 0.6 is 11.8 Å². The van der Waals surface area contributed by atoms with E-state index >= 15 is 0 Å². The lowest BCUT2D eigenvalue weighted by atomic mass is 10.4. The van der Waals surface area contributed by atoms with Crippen molar-refractivity contribution >= 4 is 11.8 Å². The molecule has 0 amide bonds. The van der Waals surface area contributed by atoms with Gasteiger partial charge in [-0.1, -0.05) is 6.08 Å². The van der Waals surface area contributed by atoms with Gasteiger partial charge >= 0.3 is 0 Å². The van der Waals surface area contributed by atoms with E-state index in [4.69, 9.17) is 5.26 Å². The molecule has 0 aliphatic heterocycles. The first-order valence-electron chi connectivity index (χ1n) is 6.52. The van der Waals surface area contributed by atoms with Gasteiger partial charge in [-0.05, 0) is 11.8 Å². The predicted octanol–water partition coefficient (Wildman–Crippen LogP) is 1.73. The Balaban J connectivity index is 1.94. The largest absolute Gasteiger partial charge is 0.296 e. The second-order valence-electron chi connectivity index (χ2n) is 4.25. The zero-order valence-corrected chi connectivity index (χ0v) is 12.7. The minimum Gasteiger partial charge on any atom is -0.296 e. The Morgan fingerprint density at radius 1 is 1.17 bits per heavy atom. The molecule has 0 radical (unpaired) electrons. The zero-order valence-electron chi connectivity index (χ0n) is 11.9. The summed E-state index contributed by atoms with van der Waals surface area (Å²) in [5.74, 6) is 0.599. The number of hydrogen-bond donors (Lipinski definition) is 0. The summed E-state index contributed by atoms with van der Waals surface area (Å²) >= 11 is 1.30. The van der Waals surface area contributed by atoms with Crippen LogP contribution in [-0.2, 0) is 6.54 Å². The molecule has 0 saturated carbocycles. The number of rotatable bonds is 5. The standard InChI is InChI=1S/C14H10N8S/c1-2-5-22-13(11-8-16-3-4-17-11)20-21-14(22)23-12-9-18-10(6-15)7-19-12/h2-4,7-9H,1,5H2. The SMILES string of the molecule is C=CCn1c(Sc2cnc(C#N)cn2)nnc1-c1cnccn1. The van der Waals surface area contributed by atoms with Crippen LogP contribution in [0.2, 0.25) is 0 Å².